The SMILES string of the molecule is CCC1CN(C(=O)c2ccc(Br)cc2N)CCO1. The van der Waals surface area contributed by atoms with Crippen LogP contribution in [0.3, 0.4) is 0 Å². The van der Waals surface area contributed by atoms with E-state index in [1.807, 2.05) is 11.0 Å². The van der Waals surface area contributed by atoms with Crippen molar-refractivity contribution in [2.24, 2.45) is 0 Å². The van der Waals surface area contributed by atoms with Crippen molar-refractivity contribution in [1.29, 1.82) is 0 Å². The Morgan fingerprint density at radius 1 is 1.61 bits per heavy atom. The Labute approximate surface area is 115 Å². The predicted molar refractivity (Wildman–Crippen MR) is 74.5 cm³/mol. The Hall–Kier alpha value is -1.07. The highest BCUT2D eigenvalue weighted by molar-refractivity contribution is 9.10. The van der Waals surface area contributed by atoms with Crippen LogP contribution in [0.1, 0.15) is 23.7 Å². The number of morpholine rings is 1. The average molecular weight is 313 g/mol. The Kier molecular flexibility index (Phi) is 4.24. The number of ether oxygens (including phenoxy) is 1. The molecule has 1 aliphatic rings. The summed E-state index contributed by atoms with van der Waals surface area (Å²) in [7, 11) is 0. The summed E-state index contributed by atoms with van der Waals surface area (Å²) in [6, 6.07) is 5.35. The summed E-state index contributed by atoms with van der Waals surface area (Å²) in [5, 5.41) is 0. The second-order valence-electron chi connectivity index (χ2n) is 4.38. The number of amides is 1. The van der Waals surface area contributed by atoms with Gasteiger partial charge in [0.1, 0.15) is 0 Å². The summed E-state index contributed by atoms with van der Waals surface area (Å²) in [4.78, 5) is 14.2. The van der Waals surface area contributed by atoms with Gasteiger partial charge in [-0.1, -0.05) is 22.9 Å². The van der Waals surface area contributed by atoms with E-state index >= 15 is 0 Å². The van der Waals surface area contributed by atoms with Crippen LogP contribution < -0.4 is 5.73 Å². The maximum absolute atomic E-state index is 12.4. The normalized spacial score (nSPS) is 19.9. The molecule has 0 saturated carbocycles. The van der Waals surface area contributed by atoms with Crippen molar-refractivity contribution in [2.45, 2.75) is 19.4 Å². The maximum atomic E-state index is 12.4. The highest BCUT2D eigenvalue weighted by Crippen LogP contribution is 2.21. The number of carbonyl (C=O) groups excluding carboxylic acids is 1. The number of nitrogens with zero attached hydrogens (tertiary/aromatic N) is 1. The van der Waals surface area contributed by atoms with E-state index in [1.165, 1.54) is 0 Å². The molecule has 1 fully saturated rings. The topological polar surface area (TPSA) is 55.6 Å². The molecule has 0 spiro atoms. The fourth-order valence-electron chi connectivity index (χ4n) is 2.05. The van der Waals surface area contributed by atoms with Crippen LogP contribution in [0, 0.1) is 0 Å². The van der Waals surface area contributed by atoms with Crippen molar-refractivity contribution in [2.75, 3.05) is 25.4 Å². The van der Waals surface area contributed by atoms with Crippen molar-refractivity contribution in [3.05, 3.63) is 28.2 Å². The molecule has 5 heteroatoms. The van der Waals surface area contributed by atoms with Crippen LogP contribution in [0.15, 0.2) is 22.7 Å². The smallest absolute Gasteiger partial charge is 0.256 e. The van der Waals surface area contributed by atoms with Gasteiger partial charge in [0.25, 0.3) is 5.91 Å². The predicted octanol–water partition coefficient (Wildman–Crippen LogP) is 2.28. The molecule has 1 amide bonds. The van der Waals surface area contributed by atoms with Crippen LogP contribution in [-0.2, 0) is 4.74 Å². The van der Waals surface area contributed by atoms with Gasteiger partial charge in [-0.2, -0.15) is 0 Å². The molecule has 4 nitrogen and oxygen atoms in total. The Morgan fingerprint density at radius 2 is 2.39 bits per heavy atom. The van der Waals surface area contributed by atoms with Gasteiger partial charge in [0.15, 0.2) is 0 Å². The minimum atomic E-state index is -0.0123. The molecule has 1 aromatic carbocycles. The van der Waals surface area contributed by atoms with Gasteiger partial charge in [0.05, 0.1) is 18.3 Å². The van der Waals surface area contributed by atoms with Crippen LogP contribution in [0.4, 0.5) is 5.69 Å². The van der Waals surface area contributed by atoms with Gasteiger partial charge < -0.3 is 15.4 Å². The molecule has 0 radical (unpaired) electrons. The van der Waals surface area contributed by atoms with E-state index in [9.17, 15) is 4.79 Å². The molecule has 0 aromatic heterocycles. The van der Waals surface area contributed by atoms with Crippen molar-refractivity contribution >= 4 is 27.5 Å². The first-order valence-corrected chi connectivity index (χ1v) is 6.87. The summed E-state index contributed by atoms with van der Waals surface area (Å²) >= 11 is 3.34. The van der Waals surface area contributed by atoms with Crippen LogP contribution >= 0.6 is 15.9 Å². The Morgan fingerprint density at radius 3 is 3.06 bits per heavy atom. The van der Waals surface area contributed by atoms with Gasteiger partial charge in [0.2, 0.25) is 0 Å². The summed E-state index contributed by atoms with van der Waals surface area (Å²) in [6.07, 6.45) is 1.05. The minimum absolute atomic E-state index is 0.0123. The highest BCUT2D eigenvalue weighted by atomic mass is 79.9. The van der Waals surface area contributed by atoms with Crippen LogP contribution in [0.25, 0.3) is 0 Å². The first-order chi connectivity index (χ1) is 8.61. The lowest BCUT2D eigenvalue weighted by Crippen LogP contribution is -2.45. The van der Waals surface area contributed by atoms with Crippen LogP contribution in [0.5, 0.6) is 0 Å². The third kappa shape index (κ3) is 2.84. The maximum Gasteiger partial charge on any atom is 0.256 e. The number of nitrogen functional groups attached to an aromatic ring is 1. The number of benzene rings is 1. The standard InChI is InChI=1S/C13H17BrN2O2/c1-2-10-8-16(5-6-18-10)13(17)11-4-3-9(14)7-12(11)15/h3-4,7,10H,2,5-6,8,15H2,1H3. The summed E-state index contributed by atoms with van der Waals surface area (Å²) in [5.74, 6) is -0.0123. The van der Waals surface area contributed by atoms with Gasteiger partial charge >= 0.3 is 0 Å². The van der Waals surface area contributed by atoms with Gasteiger partial charge in [-0.3, -0.25) is 4.79 Å². The molecule has 0 aliphatic carbocycles. The van der Waals surface area contributed by atoms with Gasteiger partial charge in [-0.05, 0) is 24.6 Å². The van der Waals surface area contributed by atoms with Crippen molar-refractivity contribution < 1.29 is 9.53 Å². The molecule has 2 N–H and O–H groups in total. The number of halogens is 1. The molecule has 1 heterocycles. The van der Waals surface area contributed by atoms with Gasteiger partial charge in [-0.15, -0.1) is 0 Å². The van der Waals surface area contributed by atoms with E-state index in [0.717, 1.165) is 10.9 Å². The van der Waals surface area contributed by atoms with E-state index in [4.69, 9.17) is 10.5 Å². The Balaban J connectivity index is 2.15. The molecular formula is C13H17BrN2O2. The van der Waals surface area contributed by atoms with Crippen molar-refractivity contribution in [1.82, 2.24) is 4.90 Å². The lowest BCUT2D eigenvalue weighted by molar-refractivity contribution is -0.0225. The Bertz CT molecular complexity index is 451. The van der Waals surface area contributed by atoms with Crippen LogP contribution in [-0.4, -0.2) is 36.6 Å². The van der Waals surface area contributed by atoms with E-state index in [2.05, 4.69) is 22.9 Å². The number of carbonyl (C=O) groups is 1. The molecule has 98 valence electrons. The third-order valence-corrected chi connectivity index (χ3v) is 3.62. The van der Waals surface area contributed by atoms with Gasteiger partial charge in [0, 0.05) is 23.2 Å². The second kappa shape index (κ2) is 5.71. The molecule has 1 aliphatic heterocycles. The molecule has 1 aromatic rings. The lowest BCUT2D eigenvalue weighted by atomic mass is 10.1. The molecule has 1 atom stereocenters. The molecule has 1 unspecified atom stereocenters. The second-order valence-corrected chi connectivity index (χ2v) is 5.30. The summed E-state index contributed by atoms with van der Waals surface area (Å²) < 4.78 is 6.44. The largest absolute Gasteiger partial charge is 0.398 e. The summed E-state index contributed by atoms with van der Waals surface area (Å²) in [6.45, 7) is 3.93. The lowest BCUT2D eigenvalue weighted by Gasteiger charge is -2.32. The molecule has 0 bridgehead atoms. The first-order valence-electron chi connectivity index (χ1n) is 6.07. The van der Waals surface area contributed by atoms with Crippen molar-refractivity contribution in [3.63, 3.8) is 0 Å². The first kappa shape index (κ1) is 13.4. The molecule has 2 rings (SSSR count). The number of hydrogen-bond acceptors (Lipinski definition) is 3. The average Bonchev–Trinajstić information content (AvgIpc) is 2.38. The number of anilines is 1. The van der Waals surface area contributed by atoms with E-state index < -0.39 is 0 Å². The molecule has 18 heavy (non-hydrogen) atoms. The monoisotopic (exact) mass is 312 g/mol. The molecule has 1 saturated heterocycles. The zero-order chi connectivity index (χ0) is 13.1. The number of nitrogens with two attached hydrogens (primary N) is 1. The fraction of sp³-hybridized carbons (Fsp3) is 0.462. The fourth-order valence-corrected chi connectivity index (χ4v) is 2.43. The number of rotatable bonds is 2. The van der Waals surface area contributed by atoms with Gasteiger partial charge in [-0.25, -0.2) is 0 Å². The quantitative estimate of drug-likeness (QED) is 0.852. The minimum Gasteiger partial charge on any atom is -0.398 e. The van der Waals surface area contributed by atoms with E-state index in [0.29, 0.717) is 30.9 Å². The molecular weight excluding hydrogens is 296 g/mol. The zero-order valence-electron chi connectivity index (χ0n) is 10.4. The van der Waals surface area contributed by atoms with E-state index in [1.54, 1.807) is 12.1 Å². The number of hydrogen-bond donors (Lipinski definition) is 1. The van der Waals surface area contributed by atoms with Crippen molar-refractivity contribution in [3.8, 4) is 0 Å². The van der Waals surface area contributed by atoms with Crippen LogP contribution in [0.2, 0.25) is 0 Å². The summed E-state index contributed by atoms with van der Waals surface area (Å²) in [5.41, 5.74) is 6.96. The third-order valence-electron chi connectivity index (χ3n) is 3.13. The highest BCUT2D eigenvalue weighted by Gasteiger charge is 2.24. The van der Waals surface area contributed by atoms with E-state index in [-0.39, 0.29) is 12.0 Å². The zero-order valence-corrected chi connectivity index (χ0v) is 11.9.